The van der Waals surface area contributed by atoms with Gasteiger partial charge in [-0.2, -0.15) is 0 Å². The number of rotatable bonds is 7. The molecule has 0 bridgehead atoms. The van der Waals surface area contributed by atoms with Crippen LogP contribution < -0.4 is 10.2 Å². The lowest BCUT2D eigenvalue weighted by atomic mass is 9.87. The molecular formula is C37H34N4O3. The molecule has 2 N–H and O–H groups in total. The van der Waals surface area contributed by atoms with E-state index in [1.54, 1.807) is 29.2 Å². The Hall–Kier alpha value is -5.17. The molecule has 5 aromatic rings. The second-order valence-corrected chi connectivity index (χ2v) is 11.8. The zero-order valence-electron chi connectivity index (χ0n) is 24.8. The molecule has 7 heteroatoms. The first-order chi connectivity index (χ1) is 21.4. The second-order valence-electron chi connectivity index (χ2n) is 11.8. The number of hydrogen-bond acceptors (Lipinski definition) is 3. The Morgan fingerprint density at radius 3 is 2.43 bits per heavy atom. The van der Waals surface area contributed by atoms with Crippen LogP contribution in [0, 0.1) is 6.92 Å². The van der Waals surface area contributed by atoms with E-state index < -0.39 is 18.1 Å². The number of carbonyl (C=O) groups is 3. The minimum absolute atomic E-state index is 0.101. The number of nitrogens with zero attached hydrogens (tertiary/aromatic N) is 2. The lowest BCUT2D eigenvalue weighted by Crippen LogP contribution is -2.44. The van der Waals surface area contributed by atoms with E-state index in [4.69, 9.17) is 0 Å². The Kier molecular flexibility index (Phi) is 7.01. The maximum absolute atomic E-state index is 14.4. The molecule has 3 heterocycles. The molecule has 1 saturated heterocycles. The Balaban J connectivity index is 1.23. The number of aromatic amines is 1. The van der Waals surface area contributed by atoms with Gasteiger partial charge in [-0.15, -0.1) is 0 Å². The number of H-pyrrole nitrogens is 1. The average molecular weight is 583 g/mol. The molecule has 7 nitrogen and oxygen atoms in total. The normalized spacial score (nSPS) is 18.3. The number of fused-ring (bicyclic) bond motifs is 4. The molecule has 1 aromatic heterocycles. The van der Waals surface area contributed by atoms with Gasteiger partial charge in [0.1, 0.15) is 12.1 Å². The molecule has 7 rings (SSSR count). The minimum atomic E-state index is -0.695. The van der Waals surface area contributed by atoms with Gasteiger partial charge in [0.15, 0.2) is 0 Å². The number of hydrogen-bond donors (Lipinski definition) is 2. The highest BCUT2D eigenvalue weighted by atomic mass is 16.2. The van der Waals surface area contributed by atoms with Gasteiger partial charge in [0.25, 0.3) is 11.8 Å². The number of nitrogens with one attached hydrogen (secondary N) is 2. The molecule has 220 valence electrons. The number of urea groups is 1. The summed E-state index contributed by atoms with van der Waals surface area (Å²) in [6.45, 7) is 4.00. The van der Waals surface area contributed by atoms with Crippen molar-refractivity contribution in [1.29, 1.82) is 0 Å². The lowest BCUT2D eigenvalue weighted by Gasteiger charge is -2.36. The van der Waals surface area contributed by atoms with Gasteiger partial charge in [-0.25, -0.2) is 9.69 Å². The average Bonchev–Trinajstić information content (AvgIpc) is 3.54. The predicted molar refractivity (Wildman–Crippen MR) is 172 cm³/mol. The number of aryl methyl sites for hydroxylation is 2. The molecule has 0 aliphatic carbocycles. The van der Waals surface area contributed by atoms with Gasteiger partial charge in [0.2, 0.25) is 0 Å². The molecule has 1 fully saturated rings. The topological polar surface area (TPSA) is 85.5 Å². The summed E-state index contributed by atoms with van der Waals surface area (Å²) >= 11 is 0. The van der Waals surface area contributed by atoms with Crippen molar-refractivity contribution in [3.05, 3.63) is 137 Å². The van der Waals surface area contributed by atoms with Gasteiger partial charge < -0.3 is 10.3 Å². The van der Waals surface area contributed by atoms with E-state index in [1.807, 2.05) is 74.5 Å². The molecule has 4 aromatic carbocycles. The first kappa shape index (κ1) is 27.7. The molecular weight excluding hydrogens is 548 g/mol. The van der Waals surface area contributed by atoms with Crippen LogP contribution in [-0.2, 0) is 17.6 Å². The van der Waals surface area contributed by atoms with Crippen molar-refractivity contribution in [2.24, 2.45) is 0 Å². The fourth-order valence-electron chi connectivity index (χ4n) is 6.78. The molecule has 0 saturated carbocycles. The predicted octanol–water partition coefficient (Wildman–Crippen LogP) is 6.71. The summed E-state index contributed by atoms with van der Waals surface area (Å²) < 4.78 is 0. The van der Waals surface area contributed by atoms with Crippen molar-refractivity contribution in [3.63, 3.8) is 0 Å². The molecule has 2 aliphatic heterocycles. The summed E-state index contributed by atoms with van der Waals surface area (Å²) in [7, 11) is 0. The van der Waals surface area contributed by atoms with Gasteiger partial charge in [-0.3, -0.25) is 14.5 Å². The van der Waals surface area contributed by atoms with E-state index in [2.05, 4.69) is 28.5 Å². The van der Waals surface area contributed by atoms with Gasteiger partial charge in [-0.1, -0.05) is 84.9 Å². The van der Waals surface area contributed by atoms with Crippen LogP contribution >= 0.6 is 0 Å². The largest absolute Gasteiger partial charge is 0.356 e. The zero-order chi connectivity index (χ0) is 30.4. The molecule has 2 aliphatic rings. The number of anilines is 1. The third-order valence-electron chi connectivity index (χ3n) is 9.01. The highest BCUT2D eigenvalue weighted by molar-refractivity contribution is 6.24. The first-order valence-corrected chi connectivity index (χ1v) is 15.2. The molecule has 0 radical (unpaired) electrons. The van der Waals surface area contributed by atoms with Crippen LogP contribution in [-0.4, -0.2) is 39.8 Å². The lowest BCUT2D eigenvalue weighted by molar-refractivity contribution is -0.120. The van der Waals surface area contributed by atoms with Gasteiger partial charge in [0.05, 0.1) is 11.3 Å². The van der Waals surface area contributed by atoms with Crippen molar-refractivity contribution in [2.75, 3.05) is 4.90 Å². The minimum Gasteiger partial charge on any atom is -0.356 e. The van der Waals surface area contributed by atoms with Gasteiger partial charge in [-0.05, 0) is 67.1 Å². The third kappa shape index (κ3) is 4.65. The maximum atomic E-state index is 14.4. The van der Waals surface area contributed by atoms with Crippen LogP contribution in [0.2, 0.25) is 0 Å². The van der Waals surface area contributed by atoms with E-state index >= 15 is 0 Å². The van der Waals surface area contributed by atoms with Gasteiger partial charge in [0, 0.05) is 29.1 Å². The van der Waals surface area contributed by atoms with Crippen LogP contribution in [0.25, 0.3) is 10.9 Å². The van der Waals surface area contributed by atoms with Crippen LogP contribution in [0.3, 0.4) is 0 Å². The van der Waals surface area contributed by atoms with E-state index in [9.17, 15) is 14.4 Å². The third-order valence-corrected chi connectivity index (χ3v) is 9.01. The summed E-state index contributed by atoms with van der Waals surface area (Å²) in [6, 6.07) is 31.4. The molecule has 0 spiro atoms. The van der Waals surface area contributed by atoms with Crippen molar-refractivity contribution in [1.82, 2.24) is 15.2 Å². The van der Waals surface area contributed by atoms with Crippen molar-refractivity contribution in [2.45, 2.75) is 51.2 Å². The van der Waals surface area contributed by atoms with E-state index in [0.717, 1.165) is 46.1 Å². The first-order valence-electron chi connectivity index (χ1n) is 15.2. The quantitative estimate of drug-likeness (QED) is 0.209. The number of para-hydroxylation sites is 2. The summed E-state index contributed by atoms with van der Waals surface area (Å²) in [4.78, 5) is 48.8. The summed E-state index contributed by atoms with van der Waals surface area (Å²) in [5, 5.41) is 4.15. The molecule has 4 amide bonds. The standard InChI is InChI=1S/C37H34N4O3/c1-23-12-6-7-15-26(23)34-33-29(27-16-8-10-18-30(27)39-33)22-32-36(43)41(37(44)40(32)34)31-19-11-9-17-28(31)35(42)38-24(2)20-21-25-13-4-3-5-14-25/h3-19,24,32,34,39H,20-22H2,1-2H3,(H,38,42)/t24-,32-,34+/m0/s1. The van der Waals surface area contributed by atoms with Crippen LogP contribution in [0.4, 0.5) is 10.5 Å². The molecule has 3 atom stereocenters. The Morgan fingerprint density at radius 1 is 0.909 bits per heavy atom. The van der Waals surface area contributed by atoms with Crippen LogP contribution in [0.15, 0.2) is 103 Å². The van der Waals surface area contributed by atoms with Crippen molar-refractivity contribution in [3.8, 4) is 0 Å². The molecule has 44 heavy (non-hydrogen) atoms. The summed E-state index contributed by atoms with van der Waals surface area (Å²) in [6.07, 6.45) is 1.99. The number of imide groups is 1. The monoisotopic (exact) mass is 582 g/mol. The van der Waals surface area contributed by atoms with Crippen molar-refractivity contribution >= 4 is 34.4 Å². The zero-order valence-corrected chi connectivity index (χ0v) is 24.8. The highest BCUT2D eigenvalue weighted by Gasteiger charge is 2.53. The fourth-order valence-corrected chi connectivity index (χ4v) is 6.78. The van der Waals surface area contributed by atoms with Crippen LogP contribution in [0.1, 0.15) is 57.7 Å². The summed E-state index contributed by atoms with van der Waals surface area (Å²) in [5.74, 6) is -0.625. The highest BCUT2D eigenvalue weighted by Crippen LogP contribution is 2.45. The van der Waals surface area contributed by atoms with E-state index in [0.29, 0.717) is 17.7 Å². The summed E-state index contributed by atoms with van der Waals surface area (Å²) in [5.41, 5.74) is 6.78. The number of carbonyl (C=O) groups excluding carboxylic acids is 3. The second kappa shape index (κ2) is 11.2. The Bertz CT molecular complexity index is 1900. The number of benzene rings is 4. The van der Waals surface area contributed by atoms with Crippen LogP contribution in [0.5, 0.6) is 0 Å². The van der Waals surface area contributed by atoms with E-state index in [1.165, 1.54) is 10.5 Å². The smallest absolute Gasteiger partial charge is 0.332 e. The fraction of sp³-hybridized carbons (Fsp3) is 0.216. The van der Waals surface area contributed by atoms with E-state index in [-0.39, 0.29) is 17.9 Å². The number of aromatic nitrogens is 1. The Labute approximate surface area is 256 Å². The SMILES string of the molecule is Cc1ccccc1[C@@H]1c2[nH]c3ccccc3c2C[C@H]2C(=O)N(c3ccccc3C(=O)N[C@@H](C)CCc3ccccc3)C(=O)N12. The van der Waals surface area contributed by atoms with Gasteiger partial charge >= 0.3 is 6.03 Å². The van der Waals surface area contributed by atoms with Crippen molar-refractivity contribution < 1.29 is 14.4 Å². The number of amides is 4. The molecule has 0 unspecified atom stereocenters. The maximum Gasteiger partial charge on any atom is 0.332 e. The Morgan fingerprint density at radius 2 is 1.61 bits per heavy atom.